The van der Waals surface area contributed by atoms with E-state index in [4.69, 9.17) is 9.47 Å². The summed E-state index contributed by atoms with van der Waals surface area (Å²) in [6.07, 6.45) is 1.70. The summed E-state index contributed by atoms with van der Waals surface area (Å²) in [7, 11) is 1.47. The van der Waals surface area contributed by atoms with E-state index >= 15 is 0 Å². The first-order chi connectivity index (χ1) is 10.6. The monoisotopic (exact) mass is 304 g/mol. The lowest BCUT2D eigenvalue weighted by Gasteiger charge is -2.34. The number of phenols is 2. The van der Waals surface area contributed by atoms with Crippen LogP contribution in [0.4, 0.5) is 4.39 Å². The molecule has 3 heterocycles. The molecule has 2 aromatic rings. The molecule has 3 N–H and O–H groups in total. The van der Waals surface area contributed by atoms with Gasteiger partial charge in [0.05, 0.1) is 7.11 Å². The van der Waals surface area contributed by atoms with Gasteiger partial charge in [-0.3, -0.25) is 0 Å². The summed E-state index contributed by atoms with van der Waals surface area (Å²) in [6.45, 7) is 1.19. The number of pyridine rings is 1. The number of fused-ring (bicyclic) bond motifs is 2. The Morgan fingerprint density at radius 2 is 2.18 bits per heavy atom. The van der Waals surface area contributed by atoms with E-state index in [-0.39, 0.29) is 11.7 Å². The topological polar surface area (TPSA) is 83.8 Å². The number of methoxy groups -OCH3 is 1. The van der Waals surface area contributed by atoms with Crippen molar-refractivity contribution in [1.29, 1.82) is 0 Å². The molecule has 1 aromatic carbocycles. The lowest BCUT2D eigenvalue weighted by molar-refractivity contribution is 0.321. The molecule has 0 radical (unpaired) electrons. The van der Waals surface area contributed by atoms with Crippen molar-refractivity contribution >= 4 is 0 Å². The number of halogens is 1. The van der Waals surface area contributed by atoms with Crippen LogP contribution in [-0.4, -0.2) is 28.9 Å². The molecule has 0 saturated heterocycles. The molecule has 2 aliphatic rings. The summed E-state index contributed by atoms with van der Waals surface area (Å²) in [5.41, 5.74) is 2.30. The van der Waals surface area contributed by atoms with E-state index in [1.807, 2.05) is 0 Å². The van der Waals surface area contributed by atoms with Crippen molar-refractivity contribution in [2.45, 2.75) is 12.5 Å². The first kappa shape index (κ1) is 13.1. The first-order valence-corrected chi connectivity index (χ1v) is 6.80. The number of benzene rings is 1. The highest BCUT2D eigenvalue weighted by Gasteiger charge is 2.37. The zero-order valence-electron chi connectivity index (χ0n) is 11.7. The molecule has 0 spiro atoms. The van der Waals surface area contributed by atoms with Crippen LogP contribution < -0.4 is 14.8 Å². The fourth-order valence-corrected chi connectivity index (χ4v) is 3.11. The quantitative estimate of drug-likeness (QED) is 0.699. The van der Waals surface area contributed by atoms with E-state index in [9.17, 15) is 14.6 Å². The summed E-state index contributed by atoms with van der Waals surface area (Å²) in [4.78, 5) is 4.19. The van der Waals surface area contributed by atoms with Gasteiger partial charge in [-0.1, -0.05) is 0 Å². The maximum absolute atomic E-state index is 13.8. The van der Waals surface area contributed by atoms with Crippen LogP contribution in [0.3, 0.4) is 0 Å². The van der Waals surface area contributed by atoms with E-state index in [1.54, 1.807) is 6.20 Å². The van der Waals surface area contributed by atoms with Crippen molar-refractivity contribution in [3.05, 3.63) is 34.8 Å². The van der Waals surface area contributed by atoms with Crippen molar-refractivity contribution in [3.63, 3.8) is 0 Å². The van der Waals surface area contributed by atoms with Gasteiger partial charge >= 0.3 is 0 Å². The lowest BCUT2D eigenvalue weighted by Crippen LogP contribution is -2.31. The van der Waals surface area contributed by atoms with Gasteiger partial charge in [-0.25, -0.2) is 9.37 Å². The van der Waals surface area contributed by atoms with Crippen LogP contribution >= 0.6 is 0 Å². The second-order valence-electron chi connectivity index (χ2n) is 5.30. The molecule has 1 atom stereocenters. The van der Waals surface area contributed by atoms with Crippen LogP contribution in [0.5, 0.6) is 28.9 Å². The SMILES string of the molecule is COc1ncc2c3c1Oc1c(cc(F)c(O)c1O)C3CNC2. The van der Waals surface area contributed by atoms with Gasteiger partial charge in [0, 0.05) is 36.3 Å². The predicted molar refractivity (Wildman–Crippen MR) is 74.1 cm³/mol. The largest absolute Gasteiger partial charge is 0.502 e. The molecule has 0 aliphatic carbocycles. The zero-order valence-corrected chi connectivity index (χ0v) is 11.7. The molecule has 0 bridgehead atoms. The van der Waals surface area contributed by atoms with Crippen molar-refractivity contribution in [3.8, 4) is 28.9 Å². The number of hydrogen-bond acceptors (Lipinski definition) is 6. The Bertz CT molecular complexity index is 794. The number of aromatic nitrogens is 1. The van der Waals surface area contributed by atoms with E-state index in [0.717, 1.165) is 11.1 Å². The Balaban J connectivity index is 2.01. The van der Waals surface area contributed by atoms with Gasteiger partial charge in [0.25, 0.3) is 5.88 Å². The number of hydrogen-bond donors (Lipinski definition) is 3. The van der Waals surface area contributed by atoms with Gasteiger partial charge in [0.2, 0.25) is 5.75 Å². The number of nitrogens with zero attached hydrogens (tertiary/aromatic N) is 1. The molecule has 0 saturated carbocycles. The highest BCUT2D eigenvalue weighted by molar-refractivity contribution is 5.66. The molecule has 1 aromatic heterocycles. The fourth-order valence-electron chi connectivity index (χ4n) is 3.11. The van der Waals surface area contributed by atoms with Crippen LogP contribution in [-0.2, 0) is 6.54 Å². The van der Waals surface area contributed by atoms with Gasteiger partial charge in [0.15, 0.2) is 23.1 Å². The number of aromatic hydroxyl groups is 2. The van der Waals surface area contributed by atoms with Gasteiger partial charge in [0.1, 0.15) is 0 Å². The molecule has 0 amide bonds. The van der Waals surface area contributed by atoms with Gasteiger partial charge in [-0.15, -0.1) is 0 Å². The molecular formula is C15H13FN2O4. The molecule has 7 heteroatoms. The molecule has 0 fully saturated rings. The summed E-state index contributed by atoms with van der Waals surface area (Å²) >= 11 is 0. The summed E-state index contributed by atoms with van der Waals surface area (Å²) < 4.78 is 24.7. The average Bonchev–Trinajstić information content (AvgIpc) is 2.54. The van der Waals surface area contributed by atoms with Crippen LogP contribution in [0, 0.1) is 5.82 Å². The minimum absolute atomic E-state index is 0.0392. The van der Waals surface area contributed by atoms with Crippen LogP contribution in [0.1, 0.15) is 22.6 Å². The van der Waals surface area contributed by atoms with E-state index in [1.165, 1.54) is 13.2 Å². The van der Waals surface area contributed by atoms with E-state index in [2.05, 4.69) is 10.3 Å². The maximum atomic E-state index is 13.8. The average molecular weight is 304 g/mol. The Labute approximate surface area is 125 Å². The molecule has 4 rings (SSSR count). The van der Waals surface area contributed by atoms with Gasteiger partial charge in [-0.2, -0.15) is 0 Å². The van der Waals surface area contributed by atoms with Crippen molar-refractivity contribution in [2.75, 3.05) is 13.7 Å². The van der Waals surface area contributed by atoms with E-state index < -0.39 is 17.3 Å². The third-order valence-corrected chi connectivity index (χ3v) is 4.12. The Kier molecular flexibility index (Phi) is 2.67. The van der Waals surface area contributed by atoms with Gasteiger partial charge < -0.3 is 25.0 Å². The Hall–Kier alpha value is -2.54. The fraction of sp³-hybridized carbons (Fsp3) is 0.267. The third kappa shape index (κ3) is 1.59. The molecule has 114 valence electrons. The standard InChI is InChI=1S/C15H13FN2O4/c1-21-15-14-10-6(4-18-15)3-17-5-8(10)7-2-9(16)11(19)12(20)13(7)22-14/h2,4,8,17,19-20H,3,5H2,1H3. The third-order valence-electron chi connectivity index (χ3n) is 4.12. The highest BCUT2D eigenvalue weighted by Crippen LogP contribution is 2.54. The second kappa shape index (κ2) is 4.48. The molecule has 2 aliphatic heterocycles. The number of rotatable bonds is 1. The zero-order chi connectivity index (χ0) is 15.4. The summed E-state index contributed by atoms with van der Waals surface area (Å²) in [6, 6.07) is 1.20. The van der Waals surface area contributed by atoms with Crippen molar-refractivity contribution < 1.29 is 24.1 Å². The van der Waals surface area contributed by atoms with Crippen LogP contribution in [0.15, 0.2) is 12.3 Å². The maximum Gasteiger partial charge on any atom is 0.257 e. The number of phenolic OH excluding ortho intramolecular Hbond substituents is 2. The molecule has 6 nitrogen and oxygen atoms in total. The molecular weight excluding hydrogens is 291 g/mol. The molecule has 22 heavy (non-hydrogen) atoms. The predicted octanol–water partition coefficient (Wildman–Crippen LogP) is 1.98. The van der Waals surface area contributed by atoms with E-state index in [0.29, 0.717) is 30.3 Å². The minimum Gasteiger partial charge on any atom is -0.502 e. The van der Waals surface area contributed by atoms with Gasteiger partial charge in [-0.05, 0) is 11.6 Å². The van der Waals surface area contributed by atoms with Crippen LogP contribution in [0.25, 0.3) is 0 Å². The van der Waals surface area contributed by atoms with Crippen LogP contribution in [0.2, 0.25) is 0 Å². The lowest BCUT2D eigenvalue weighted by atomic mass is 9.83. The second-order valence-corrected chi connectivity index (χ2v) is 5.30. The first-order valence-electron chi connectivity index (χ1n) is 6.80. The minimum atomic E-state index is -0.878. The highest BCUT2D eigenvalue weighted by atomic mass is 19.1. The molecule has 1 unspecified atom stereocenters. The number of ether oxygens (including phenoxy) is 2. The van der Waals surface area contributed by atoms with Crippen molar-refractivity contribution in [1.82, 2.24) is 10.3 Å². The Morgan fingerprint density at radius 3 is 2.95 bits per heavy atom. The Morgan fingerprint density at radius 1 is 1.36 bits per heavy atom. The normalized spacial score (nSPS) is 18.2. The summed E-state index contributed by atoms with van der Waals surface area (Å²) in [5, 5.41) is 22.8. The number of nitrogens with one attached hydrogen (secondary N) is 1. The summed E-state index contributed by atoms with van der Waals surface area (Å²) in [5.74, 6) is -1.79. The smallest absolute Gasteiger partial charge is 0.257 e. The van der Waals surface area contributed by atoms with Crippen molar-refractivity contribution in [2.24, 2.45) is 0 Å².